The van der Waals surface area contributed by atoms with Crippen LogP contribution in [0.5, 0.6) is 0 Å². The van der Waals surface area contributed by atoms with Gasteiger partial charge in [0.2, 0.25) is 5.91 Å². The van der Waals surface area contributed by atoms with Crippen molar-refractivity contribution in [3.63, 3.8) is 0 Å². The summed E-state index contributed by atoms with van der Waals surface area (Å²) in [6, 6.07) is 11.8. The van der Waals surface area contributed by atoms with Crippen LogP contribution < -0.4 is 10.0 Å². The van der Waals surface area contributed by atoms with Crippen molar-refractivity contribution in [1.82, 2.24) is 5.32 Å². The third-order valence-electron chi connectivity index (χ3n) is 4.63. The number of nitrogens with one attached hydrogen (secondary N) is 2. The van der Waals surface area contributed by atoms with E-state index < -0.39 is 11.4 Å². The summed E-state index contributed by atoms with van der Waals surface area (Å²) in [5.41, 5.74) is 6.57. The summed E-state index contributed by atoms with van der Waals surface area (Å²) in [5, 5.41) is 2.75. The maximum atomic E-state index is 12.8. The van der Waals surface area contributed by atoms with Crippen molar-refractivity contribution in [2.45, 2.75) is 39.5 Å². The van der Waals surface area contributed by atoms with Gasteiger partial charge in [0.05, 0.1) is 5.69 Å². The first-order valence-electron chi connectivity index (χ1n) is 9.40. The van der Waals surface area contributed by atoms with Gasteiger partial charge in [0.25, 0.3) is 0 Å². The summed E-state index contributed by atoms with van der Waals surface area (Å²) in [5.74, 6) is -0.151. The van der Waals surface area contributed by atoms with Crippen LogP contribution in [0.1, 0.15) is 36.1 Å². The lowest BCUT2D eigenvalue weighted by molar-refractivity contribution is -0.118. The van der Waals surface area contributed by atoms with Crippen molar-refractivity contribution < 1.29 is 9.35 Å². The van der Waals surface area contributed by atoms with E-state index in [0.717, 1.165) is 32.8 Å². The summed E-state index contributed by atoms with van der Waals surface area (Å²) in [6.45, 7) is 13.2. The second-order valence-corrected chi connectivity index (χ2v) is 8.09. The maximum Gasteiger partial charge on any atom is 0.221 e. The third kappa shape index (κ3) is 6.11. The fraction of sp³-hybridized carbons (Fsp3) is 0.208. The van der Waals surface area contributed by atoms with E-state index in [0.29, 0.717) is 5.70 Å². The molecule has 5 heteroatoms. The standard InChI is InChI=1S/C24H28N2O2S/c1-7-20(14-22(8-2)25-19(6)27)21-11-9-17(4)24(15-21)26-29(28)23-12-10-16(3)18(5)13-23/h7-15,26H,2H2,1,3-6H3,(H,25,27)/b20-7+,22-14+. The first kappa shape index (κ1) is 22.5. The van der Waals surface area contributed by atoms with Gasteiger partial charge in [0.1, 0.15) is 11.4 Å². The summed E-state index contributed by atoms with van der Waals surface area (Å²) in [7, 11) is 0. The average Bonchev–Trinajstić information content (AvgIpc) is 2.68. The molecule has 1 unspecified atom stereocenters. The van der Waals surface area contributed by atoms with E-state index in [4.69, 9.17) is 0 Å². The molecule has 0 heterocycles. The molecule has 0 aliphatic rings. The number of allylic oxidation sites excluding steroid dienone is 4. The van der Waals surface area contributed by atoms with Gasteiger partial charge in [0.15, 0.2) is 4.90 Å². The summed E-state index contributed by atoms with van der Waals surface area (Å²) < 4.78 is 16.0. The molecule has 0 saturated carbocycles. The van der Waals surface area contributed by atoms with E-state index in [1.807, 2.05) is 76.2 Å². The molecule has 29 heavy (non-hydrogen) atoms. The van der Waals surface area contributed by atoms with Gasteiger partial charge < -0.3 is 9.87 Å². The molecule has 2 N–H and O–H groups in total. The van der Waals surface area contributed by atoms with Gasteiger partial charge >= 0.3 is 0 Å². The van der Waals surface area contributed by atoms with Crippen molar-refractivity contribution >= 4 is 28.5 Å². The average molecular weight is 409 g/mol. The van der Waals surface area contributed by atoms with Crippen molar-refractivity contribution in [1.29, 1.82) is 0 Å². The fourth-order valence-corrected chi connectivity index (χ4v) is 3.76. The molecule has 2 aromatic carbocycles. The molecule has 152 valence electrons. The van der Waals surface area contributed by atoms with Crippen LogP contribution in [0.4, 0.5) is 5.69 Å². The predicted molar refractivity (Wildman–Crippen MR) is 123 cm³/mol. The molecule has 0 saturated heterocycles. The topological polar surface area (TPSA) is 64.2 Å². The highest BCUT2D eigenvalue weighted by atomic mass is 32.2. The SMILES string of the molecule is C=C/C(=C\C(=C/C)c1ccc(C)c(N[S+]([O-])c2ccc(C)c(C)c2)c1)NC(C)=O. The Morgan fingerprint density at radius 2 is 1.76 bits per heavy atom. The Morgan fingerprint density at radius 3 is 2.34 bits per heavy atom. The van der Waals surface area contributed by atoms with E-state index in [1.165, 1.54) is 12.5 Å². The van der Waals surface area contributed by atoms with Crippen LogP contribution in [0.15, 0.2) is 71.8 Å². The lowest BCUT2D eigenvalue weighted by Crippen LogP contribution is -2.17. The molecule has 0 aliphatic carbocycles. The molecule has 0 aromatic heterocycles. The minimum absolute atomic E-state index is 0.151. The maximum absolute atomic E-state index is 12.8. The molecule has 1 amide bonds. The molecule has 2 aromatic rings. The van der Waals surface area contributed by atoms with E-state index in [-0.39, 0.29) is 5.91 Å². The summed E-state index contributed by atoms with van der Waals surface area (Å²) in [4.78, 5) is 12.1. The van der Waals surface area contributed by atoms with Crippen LogP contribution in [0.3, 0.4) is 0 Å². The van der Waals surface area contributed by atoms with Crippen LogP contribution in [0, 0.1) is 20.8 Å². The lowest BCUT2D eigenvalue weighted by atomic mass is 10.0. The quantitative estimate of drug-likeness (QED) is 0.479. The zero-order valence-electron chi connectivity index (χ0n) is 17.6. The Bertz CT molecular complexity index is 977. The second kappa shape index (κ2) is 10.1. The summed E-state index contributed by atoms with van der Waals surface area (Å²) >= 11 is -1.36. The molecular weight excluding hydrogens is 380 g/mol. The van der Waals surface area contributed by atoms with Gasteiger partial charge in [-0.1, -0.05) is 30.9 Å². The highest BCUT2D eigenvalue weighted by molar-refractivity contribution is 7.92. The number of hydrogen-bond acceptors (Lipinski definition) is 3. The van der Waals surface area contributed by atoms with Crippen molar-refractivity contribution in [2.24, 2.45) is 0 Å². The molecule has 0 radical (unpaired) electrons. The first-order valence-corrected chi connectivity index (χ1v) is 10.5. The molecule has 0 aliphatic heterocycles. The Hall–Kier alpha value is -2.76. The number of rotatable bonds is 7. The highest BCUT2D eigenvalue weighted by Gasteiger charge is 2.15. The monoisotopic (exact) mass is 408 g/mol. The number of aryl methyl sites for hydroxylation is 3. The fourth-order valence-electron chi connectivity index (χ4n) is 2.75. The number of carbonyl (C=O) groups is 1. The Balaban J connectivity index is 2.32. The van der Waals surface area contributed by atoms with Gasteiger partial charge in [-0.3, -0.25) is 4.79 Å². The normalized spacial score (nSPS) is 13.0. The van der Waals surface area contributed by atoms with Crippen molar-refractivity contribution in [3.8, 4) is 0 Å². The van der Waals surface area contributed by atoms with E-state index >= 15 is 0 Å². The third-order valence-corrected chi connectivity index (χ3v) is 5.72. The van der Waals surface area contributed by atoms with Crippen LogP contribution in [-0.2, 0) is 16.2 Å². The number of hydrogen-bond donors (Lipinski definition) is 2. The Morgan fingerprint density at radius 1 is 1.07 bits per heavy atom. The molecule has 2 rings (SSSR count). The first-order chi connectivity index (χ1) is 13.7. The van der Waals surface area contributed by atoms with Gasteiger partial charge in [-0.25, -0.2) is 4.72 Å². The van der Waals surface area contributed by atoms with Gasteiger partial charge in [-0.05, 0) is 85.9 Å². The zero-order chi connectivity index (χ0) is 21.6. The molecule has 4 nitrogen and oxygen atoms in total. The number of anilines is 1. The molecule has 0 bridgehead atoms. The lowest BCUT2D eigenvalue weighted by Gasteiger charge is -2.16. The molecule has 0 spiro atoms. The number of amides is 1. The van der Waals surface area contributed by atoms with Crippen LogP contribution in [0.25, 0.3) is 5.57 Å². The van der Waals surface area contributed by atoms with Crippen molar-refractivity contribution in [3.05, 3.63) is 89.2 Å². The smallest absolute Gasteiger partial charge is 0.221 e. The molecular formula is C24H28N2O2S. The number of benzene rings is 2. The van der Waals surface area contributed by atoms with E-state index in [9.17, 15) is 9.35 Å². The van der Waals surface area contributed by atoms with Crippen LogP contribution in [-0.4, -0.2) is 10.5 Å². The van der Waals surface area contributed by atoms with Crippen molar-refractivity contribution in [2.75, 3.05) is 4.72 Å². The van der Waals surface area contributed by atoms with E-state index in [1.54, 1.807) is 6.08 Å². The van der Waals surface area contributed by atoms with Crippen LogP contribution in [0.2, 0.25) is 0 Å². The van der Waals surface area contributed by atoms with Gasteiger partial charge in [-0.2, -0.15) is 0 Å². The Labute approximate surface area is 176 Å². The Kier molecular flexibility index (Phi) is 7.88. The minimum Gasteiger partial charge on any atom is -0.588 e. The highest BCUT2D eigenvalue weighted by Crippen LogP contribution is 2.26. The van der Waals surface area contributed by atoms with Gasteiger partial charge in [0, 0.05) is 12.6 Å². The molecule has 1 atom stereocenters. The molecule has 0 fully saturated rings. The number of carbonyl (C=O) groups excluding carboxylic acids is 1. The van der Waals surface area contributed by atoms with Gasteiger partial charge in [-0.15, -0.1) is 0 Å². The minimum atomic E-state index is -1.36. The van der Waals surface area contributed by atoms with Crippen LogP contribution >= 0.6 is 0 Å². The second-order valence-electron chi connectivity index (χ2n) is 6.88. The summed E-state index contributed by atoms with van der Waals surface area (Å²) in [6.07, 6.45) is 5.43. The predicted octanol–water partition coefficient (Wildman–Crippen LogP) is 5.36. The zero-order valence-corrected chi connectivity index (χ0v) is 18.4. The van der Waals surface area contributed by atoms with E-state index in [2.05, 4.69) is 16.6 Å². The largest absolute Gasteiger partial charge is 0.588 e.